The van der Waals surface area contributed by atoms with E-state index < -0.39 is 5.63 Å². The molecule has 0 spiro atoms. The van der Waals surface area contributed by atoms with Gasteiger partial charge in [0.2, 0.25) is 0 Å². The van der Waals surface area contributed by atoms with Crippen molar-refractivity contribution < 1.29 is 4.42 Å². The second-order valence-corrected chi connectivity index (χ2v) is 26.0. The number of aromatic nitrogens is 10. The lowest BCUT2D eigenvalue weighted by Crippen LogP contribution is -2.18. The number of fused-ring (bicyclic) bond motifs is 13. The molecule has 0 atom stereocenters. The fourth-order valence-electron chi connectivity index (χ4n) is 15.6. The lowest BCUT2D eigenvalue weighted by Gasteiger charge is -2.28. The maximum absolute atomic E-state index is 17.6. The van der Waals surface area contributed by atoms with Gasteiger partial charge in [-0.3, -0.25) is 0 Å². The van der Waals surface area contributed by atoms with E-state index in [2.05, 4.69) is 75.3 Å². The fourth-order valence-corrected chi connectivity index (χ4v) is 15.6. The predicted molar refractivity (Wildman–Crippen MR) is 423 cm³/mol. The number of hydrogen-bond acceptors (Lipinski definition) is 9. The monoisotopic (exact) mass is 1370 g/mol. The molecule has 494 valence electrons. The number of rotatable bonds is 10. The second kappa shape index (κ2) is 24.2. The lowest BCUT2D eigenvalue weighted by atomic mass is 9.96. The molecule has 0 aliphatic heterocycles. The molecule has 0 aliphatic carbocycles. The van der Waals surface area contributed by atoms with Gasteiger partial charge in [-0.25, -0.2) is 49.2 Å². The minimum atomic E-state index is -0.866. The molecule has 0 aliphatic rings. The number of nitrogens with zero attached hydrogens (tertiary/aromatic N) is 14. The quantitative estimate of drug-likeness (QED) is 0.0957. The molecule has 20 aromatic rings. The molecule has 0 radical (unpaired) electrons. The van der Waals surface area contributed by atoms with E-state index >= 15 is 4.79 Å². The van der Waals surface area contributed by atoms with Gasteiger partial charge in [-0.05, 0) is 95.0 Å². The van der Waals surface area contributed by atoms with Crippen molar-refractivity contribution in [1.82, 2.24) is 48.2 Å². The van der Waals surface area contributed by atoms with Gasteiger partial charge < -0.3 is 22.7 Å². The van der Waals surface area contributed by atoms with E-state index in [4.69, 9.17) is 54.0 Å². The van der Waals surface area contributed by atoms with Gasteiger partial charge >= 0.3 is 5.63 Å². The maximum Gasteiger partial charge on any atom is 0.348 e. The van der Waals surface area contributed by atoms with Gasteiger partial charge in [0.05, 0.1) is 97.8 Å². The van der Waals surface area contributed by atoms with Crippen LogP contribution in [-0.4, -0.2) is 48.2 Å². The Bertz CT molecular complexity index is 7340. The third-order valence-corrected chi connectivity index (χ3v) is 20.1. The highest BCUT2D eigenvalue weighted by molar-refractivity contribution is 6.22. The van der Waals surface area contributed by atoms with Crippen LogP contribution in [0.1, 0.15) is 5.56 Å². The zero-order valence-electron chi connectivity index (χ0n) is 56.3. The largest absolute Gasteiger partial charge is 0.420 e. The fraction of sp³-hybridized carbons (Fsp3) is 0. The van der Waals surface area contributed by atoms with Gasteiger partial charge in [-0.2, -0.15) is 5.26 Å². The Morgan fingerprint density at radius 3 is 0.953 bits per heavy atom. The zero-order valence-corrected chi connectivity index (χ0v) is 56.3. The Hall–Kier alpha value is -15.8. The van der Waals surface area contributed by atoms with E-state index in [1.807, 2.05) is 249 Å². The van der Waals surface area contributed by atoms with Gasteiger partial charge in [-0.1, -0.05) is 212 Å². The SMILES string of the molecule is [C-]#[N+]c1ccc2c(c1)c1ccccc1n2-c1c(-n2c3ccccc3c3cc([N+]#[C-])ccc32)c(-n2c3ccccc3c3cc([N+]#[C-])ccc32)c2c(-c3nc(-c4ccccc4)nc(-c4ccccc4)n3)c(-c3nc(-c4ccccc4)nc(-c4ccccc4)n3)c(=O)oc2c1-n1c2ccccc2c2cc(C#N)ccc21. The van der Waals surface area contributed by atoms with Crippen molar-refractivity contribution in [2.75, 3.05) is 0 Å². The number of nitriles is 1. The van der Waals surface area contributed by atoms with Gasteiger partial charge in [-0.15, -0.1) is 0 Å². The maximum atomic E-state index is 17.6. The van der Waals surface area contributed by atoms with Crippen LogP contribution in [-0.2, 0) is 0 Å². The van der Waals surface area contributed by atoms with Crippen LogP contribution in [0.25, 0.3) is 204 Å². The van der Waals surface area contributed by atoms with Crippen molar-refractivity contribution in [3.8, 4) is 97.1 Å². The van der Waals surface area contributed by atoms with Crippen LogP contribution in [0.2, 0.25) is 0 Å². The summed E-state index contributed by atoms with van der Waals surface area (Å²) in [5.41, 5.74) is 10.9. The first kappa shape index (κ1) is 61.1. The Morgan fingerprint density at radius 2 is 0.589 bits per heavy atom. The standard InChI is InChI=1S/C91H48N14O2/c1-93-58-41-45-74-66(49-58)62-33-17-20-36-69(62)102(74)80-78-77(89-98-85(54-24-8-4-9-25-54)96-86(99-89)55-26-10-5-11-27-55)79(90-100-87(56-28-12-6-13-29-56)97-88(101-90)57-30-14-7-15-31-57)91(106)107-84(78)83(105-72-39-23-16-32-61(72)65-48-53(52-92)40-44-73(65)105)82(104-71-38-22-19-35-64(71)68-51-60(95-3)43-47-76(68)104)81(80)103-70-37-21-18-34-63(70)67-50-59(94-2)42-46-75(67)103/h4-51H. The number of para-hydroxylation sites is 4. The predicted octanol–water partition coefficient (Wildman–Crippen LogP) is 22.1. The van der Waals surface area contributed by atoms with Crippen LogP contribution >= 0.6 is 0 Å². The van der Waals surface area contributed by atoms with Gasteiger partial charge in [0.25, 0.3) is 0 Å². The Balaban J connectivity index is 1.15. The van der Waals surface area contributed by atoms with Crippen molar-refractivity contribution in [2.45, 2.75) is 0 Å². The molecule has 0 fully saturated rings. The topological polar surface area (TPSA) is 164 Å². The minimum absolute atomic E-state index is 0.0452. The Kier molecular flexibility index (Phi) is 13.8. The normalized spacial score (nSPS) is 11.6. The zero-order chi connectivity index (χ0) is 71.5. The van der Waals surface area contributed by atoms with Crippen molar-refractivity contribution in [3.05, 3.63) is 341 Å². The summed E-state index contributed by atoms with van der Waals surface area (Å²) in [5.74, 6) is 1.08. The Labute approximate surface area is 608 Å². The highest BCUT2D eigenvalue weighted by Crippen LogP contribution is 2.54. The summed E-state index contributed by atoms with van der Waals surface area (Å²) < 4.78 is 16.6. The van der Waals surface area contributed by atoms with Gasteiger partial charge in [0, 0.05) is 49.2 Å². The van der Waals surface area contributed by atoms with Gasteiger partial charge in [0.1, 0.15) is 16.9 Å². The summed E-state index contributed by atoms with van der Waals surface area (Å²) in [5, 5.41) is 17.4. The van der Waals surface area contributed by atoms with Crippen molar-refractivity contribution in [1.29, 1.82) is 5.26 Å². The van der Waals surface area contributed by atoms with Crippen molar-refractivity contribution >= 4 is 115 Å². The van der Waals surface area contributed by atoms with Crippen LogP contribution in [0.5, 0.6) is 0 Å². The summed E-state index contributed by atoms with van der Waals surface area (Å²) >= 11 is 0. The average molecular weight is 1370 g/mol. The minimum Gasteiger partial charge on any atom is -0.420 e. The molecule has 7 aromatic heterocycles. The summed E-state index contributed by atoms with van der Waals surface area (Å²) in [6.45, 7) is 25.6. The highest BCUT2D eigenvalue weighted by atomic mass is 16.4. The number of hydrogen-bond donors (Lipinski definition) is 0. The second-order valence-electron chi connectivity index (χ2n) is 26.0. The van der Waals surface area contributed by atoms with E-state index in [-0.39, 0.29) is 51.7 Å². The molecule has 107 heavy (non-hydrogen) atoms. The van der Waals surface area contributed by atoms with Crippen LogP contribution in [0.3, 0.4) is 0 Å². The van der Waals surface area contributed by atoms with Crippen molar-refractivity contribution in [3.63, 3.8) is 0 Å². The highest BCUT2D eigenvalue weighted by Gasteiger charge is 2.38. The molecule has 7 heterocycles. The van der Waals surface area contributed by atoms with Crippen molar-refractivity contribution in [2.24, 2.45) is 0 Å². The van der Waals surface area contributed by atoms with Crippen LogP contribution < -0.4 is 5.63 Å². The molecule has 16 heteroatoms. The van der Waals surface area contributed by atoms with Crippen LogP contribution in [0, 0.1) is 31.0 Å². The third kappa shape index (κ3) is 9.48. The molecular formula is C91H48N14O2. The molecule has 0 amide bonds. The molecule has 0 saturated carbocycles. The molecule has 20 rings (SSSR count). The van der Waals surface area contributed by atoms with Crippen LogP contribution in [0.15, 0.2) is 300 Å². The summed E-state index contributed by atoms with van der Waals surface area (Å²) in [7, 11) is 0. The van der Waals surface area contributed by atoms with Gasteiger partial charge in [0.15, 0.2) is 57.6 Å². The van der Waals surface area contributed by atoms with E-state index in [9.17, 15) is 5.26 Å². The first-order valence-electron chi connectivity index (χ1n) is 34.4. The first-order chi connectivity index (χ1) is 52.8. The van der Waals surface area contributed by atoms with Crippen LogP contribution in [0.4, 0.5) is 17.1 Å². The number of benzene rings is 13. The first-order valence-corrected chi connectivity index (χ1v) is 34.4. The molecule has 13 aromatic carbocycles. The molecule has 16 nitrogen and oxygen atoms in total. The molecule has 0 bridgehead atoms. The third-order valence-electron chi connectivity index (χ3n) is 20.1. The average Bonchev–Trinajstić information content (AvgIpc) is 1.60. The van der Waals surface area contributed by atoms with E-state index in [1.54, 1.807) is 6.07 Å². The lowest BCUT2D eigenvalue weighted by molar-refractivity contribution is 0.561. The Morgan fingerprint density at radius 1 is 0.299 bits per heavy atom. The molecule has 0 N–H and O–H groups in total. The van der Waals surface area contributed by atoms with E-state index in [0.717, 1.165) is 54.1 Å². The smallest absolute Gasteiger partial charge is 0.348 e. The molecule has 0 saturated heterocycles. The molecular weight excluding hydrogens is 1320 g/mol. The van der Waals surface area contributed by atoms with E-state index in [1.165, 1.54) is 0 Å². The summed E-state index contributed by atoms with van der Waals surface area (Å²) in [6, 6.07) is 96.1. The summed E-state index contributed by atoms with van der Waals surface area (Å²) in [4.78, 5) is 62.4. The molecule has 0 unspecified atom stereocenters. The van der Waals surface area contributed by atoms with E-state index in [0.29, 0.717) is 106 Å². The summed E-state index contributed by atoms with van der Waals surface area (Å²) in [6.07, 6.45) is 0.